The number of esters is 1. The lowest BCUT2D eigenvalue weighted by molar-refractivity contribution is -0.143. The van der Waals surface area contributed by atoms with Crippen molar-refractivity contribution >= 4 is 29.2 Å². The molecule has 2 heterocycles. The molecule has 0 saturated heterocycles. The van der Waals surface area contributed by atoms with Crippen LogP contribution in [-0.2, 0) is 16.0 Å². The van der Waals surface area contributed by atoms with Crippen molar-refractivity contribution in [2.24, 2.45) is 0 Å². The second-order valence-corrected chi connectivity index (χ2v) is 5.37. The van der Waals surface area contributed by atoms with Gasteiger partial charge in [0.1, 0.15) is 5.15 Å². The van der Waals surface area contributed by atoms with Gasteiger partial charge in [0, 0.05) is 23.7 Å². The highest BCUT2D eigenvalue weighted by molar-refractivity contribution is 6.42. The summed E-state index contributed by atoms with van der Waals surface area (Å²) in [6.45, 7) is 2.15. The van der Waals surface area contributed by atoms with Crippen LogP contribution >= 0.6 is 23.2 Å². The Morgan fingerprint density at radius 2 is 2.04 bits per heavy atom. The van der Waals surface area contributed by atoms with Crippen molar-refractivity contribution in [2.45, 2.75) is 19.8 Å². The molecule has 2 aromatic rings. The van der Waals surface area contributed by atoms with Crippen LogP contribution in [0.2, 0.25) is 10.2 Å². The molecule has 122 valence electrons. The Bertz CT molecular complexity index is 708. The Kier molecular flexibility index (Phi) is 6.19. The summed E-state index contributed by atoms with van der Waals surface area (Å²) in [6, 6.07) is 5.39. The molecule has 2 aromatic heterocycles. The molecule has 0 N–H and O–H groups in total. The van der Waals surface area contributed by atoms with Crippen molar-refractivity contribution in [3.63, 3.8) is 0 Å². The summed E-state index contributed by atoms with van der Waals surface area (Å²) in [4.78, 5) is 19.8. The van der Waals surface area contributed by atoms with E-state index >= 15 is 0 Å². The quantitative estimate of drug-likeness (QED) is 0.580. The maximum atomic E-state index is 11.5. The van der Waals surface area contributed by atoms with E-state index in [1.54, 1.807) is 25.3 Å². The highest BCUT2D eigenvalue weighted by Crippen LogP contribution is 2.32. The second-order valence-electron chi connectivity index (χ2n) is 4.63. The van der Waals surface area contributed by atoms with Gasteiger partial charge in [-0.05, 0) is 25.5 Å². The molecule has 0 aliphatic rings. The van der Waals surface area contributed by atoms with Gasteiger partial charge in [-0.1, -0.05) is 29.3 Å². The summed E-state index contributed by atoms with van der Waals surface area (Å²) < 4.78 is 10.2. The standard InChI is InChI=1S/C16H16Cl2N2O3/c1-3-23-13(21)7-5-10-4-6-12(20-16(10)22-2)11-8-9-19-15(18)14(11)17/h4,6,8-9H,3,5,7H2,1-2H3. The van der Waals surface area contributed by atoms with E-state index in [-0.39, 0.29) is 17.5 Å². The fourth-order valence-corrected chi connectivity index (χ4v) is 2.44. The first-order chi connectivity index (χ1) is 11.1. The summed E-state index contributed by atoms with van der Waals surface area (Å²) in [5.41, 5.74) is 2.11. The summed E-state index contributed by atoms with van der Waals surface area (Å²) in [6.07, 6.45) is 2.32. The monoisotopic (exact) mass is 354 g/mol. The average molecular weight is 355 g/mol. The number of carbonyl (C=O) groups excluding carboxylic acids is 1. The molecule has 0 amide bonds. The molecule has 23 heavy (non-hydrogen) atoms. The van der Waals surface area contributed by atoms with Gasteiger partial charge in [0.25, 0.3) is 0 Å². The van der Waals surface area contributed by atoms with Crippen molar-refractivity contribution in [1.29, 1.82) is 0 Å². The molecule has 2 rings (SSSR count). The number of pyridine rings is 2. The molecule has 5 nitrogen and oxygen atoms in total. The zero-order chi connectivity index (χ0) is 16.8. The SMILES string of the molecule is CCOC(=O)CCc1ccc(-c2ccnc(Cl)c2Cl)nc1OC. The third-order valence-corrected chi connectivity index (χ3v) is 3.92. The van der Waals surface area contributed by atoms with E-state index < -0.39 is 0 Å². The third-order valence-electron chi connectivity index (χ3n) is 3.16. The van der Waals surface area contributed by atoms with E-state index in [1.165, 1.54) is 7.11 Å². The normalized spacial score (nSPS) is 10.4. The predicted octanol–water partition coefficient (Wildman–Crippen LogP) is 3.95. The topological polar surface area (TPSA) is 61.3 Å². The van der Waals surface area contributed by atoms with Crippen LogP contribution in [0.5, 0.6) is 5.88 Å². The molecule has 0 aromatic carbocycles. The van der Waals surface area contributed by atoms with Gasteiger partial charge in [-0.25, -0.2) is 9.97 Å². The molecule has 0 aliphatic heterocycles. The minimum atomic E-state index is -0.248. The summed E-state index contributed by atoms with van der Waals surface area (Å²) >= 11 is 12.1. The fraction of sp³-hybridized carbons (Fsp3) is 0.312. The molecule has 0 bridgehead atoms. The Hall–Kier alpha value is -1.85. The van der Waals surface area contributed by atoms with Gasteiger partial charge in [-0.3, -0.25) is 4.79 Å². The molecule has 0 spiro atoms. The first-order valence-corrected chi connectivity index (χ1v) is 7.82. The average Bonchev–Trinajstić information content (AvgIpc) is 2.55. The van der Waals surface area contributed by atoms with E-state index in [0.717, 1.165) is 5.56 Å². The molecule has 0 saturated carbocycles. The van der Waals surface area contributed by atoms with E-state index in [1.807, 2.05) is 6.07 Å². The molecule has 0 radical (unpaired) electrons. The molecular weight excluding hydrogens is 339 g/mol. The van der Waals surface area contributed by atoms with Crippen molar-refractivity contribution in [3.05, 3.63) is 40.1 Å². The van der Waals surface area contributed by atoms with Crippen LogP contribution in [0, 0.1) is 0 Å². The lowest BCUT2D eigenvalue weighted by Gasteiger charge is -2.10. The minimum absolute atomic E-state index is 0.219. The number of nitrogens with zero attached hydrogens (tertiary/aromatic N) is 2. The lowest BCUT2D eigenvalue weighted by Crippen LogP contribution is -2.06. The predicted molar refractivity (Wildman–Crippen MR) is 89.0 cm³/mol. The highest BCUT2D eigenvalue weighted by Gasteiger charge is 2.13. The van der Waals surface area contributed by atoms with E-state index in [2.05, 4.69) is 9.97 Å². The molecule has 0 aliphatic carbocycles. The fourth-order valence-electron chi connectivity index (χ4n) is 2.07. The molecule has 0 fully saturated rings. The maximum absolute atomic E-state index is 11.5. The number of ether oxygens (including phenoxy) is 2. The number of aromatic nitrogens is 2. The number of halogens is 2. The van der Waals surface area contributed by atoms with Gasteiger partial charge in [0.2, 0.25) is 5.88 Å². The summed E-state index contributed by atoms with van der Waals surface area (Å²) in [7, 11) is 1.53. The van der Waals surface area contributed by atoms with Crippen molar-refractivity contribution in [3.8, 4) is 17.1 Å². The Morgan fingerprint density at radius 3 is 2.74 bits per heavy atom. The number of hydrogen-bond donors (Lipinski definition) is 0. The van der Waals surface area contributed by atoms with Crippen LogP contribution in [0.3, 0.4) is 0 Å². The van der Waals surface area contributed by atoms with Gasteiger partial charge in [-0.2, -0.15) is 0 Å². The zero-order valence-electron chi connectivity index (χ0n) is 12.8. The number of carbonyl (C=O) groups is 1. The van der Waals surface area contributed by atoms with Crippen molar-refractivity contribution in [1.82, 2.24) is 9.97 Å². The number of hydrogen-bond acceptors (Lipinski definition) is 5. The van der Waals surface area contributed by atoms with Crippen LogP contribution < -0.4 is 4.74 Å². The van der Waals surface area contributed by atoms with Gasteiger partial charge < -0.3 is 9.47 Å². The second kappa shape index (κ2) is 8.13. The Labute approximate surface area is 144 Å². The van der Waals surface area contributed by atoms with Crippen molar-refractivity contribution in [2.75, 3.05) is 13.7 Å². The number of aryl methyl sites for hydroxylation is 1. The van der Waals surface area contributed by atoms with Crippen LogP contribution in [0.4, 0.5) is 0 Å². The molecule has 0 atom stereocenters. The van der Waals surface area contributed by atoms with Gasteiger partial charge in [0.15, 0.2) is 0 Å². The van der Waals surface area contributed by atoms with E-state index in [9.17, 15) is 4.79 Å². The lowest BCUT2D eigenvalue weighted by atomic mass is 10.1. The third kappa shape index (κ3) is 4.33. The van der Waals surface area contributed by atoms with E-state index in [0.29, 0.717) is 35.2 Å². The number of rotatable bonds is 6. The Balaban J connectivity index is 2.26. The van der Waals surface area contributed by atoms with Gasteiger partial charge in [0.05, 0.1) is 24.4 Å². The van der Waals surface area contributed by atoms with Crippen molar-refractivity contribution < 1.29 is 14.3 Å². The largest absolute Gasteiger partial charge is 0.481 e. The van der Waals surface area contributed by atoms with Crippen LogP contribution in [0.15, 0.2) is 24.4 Å². The van der Waals surface area contributed by atoms with Crippen LogP contribution in [-0.4, -0.2) is 29.7 Å². The first-order valence-electron chi connectivity index (χ1n) is 7.06. The van der Waals surface area contributed by atoms with Crippen LogP contribution in [0.1, 0.15) is 18.9 Å². The zero-order valence-corrected chi connectivity index (χ0v) is 14.3. The smallest absolute Gasteiger partial charge is 0.306 e. The molecule has 0 unspecified atom stereocenters. The number of methoxy groups -OCH3 is 1. The van der Waals surface area contributed by atoms with Gasteiger partial charge >= 0.3 is 5.97 Å². The Morgan fingerprint density at radius 1 is 1.26 bits per heavy atom. The summed E-state index contributed by atoms with van der Waals surface area (Å²) in [5.74, 6) is 0.193. The maximum Gasteiger partial charge on any atom is 0.306 e. The van der Waals surface area contributed by atoms with Crippen LogP contribution in [0.25, 0.3) is 11.3 Å². The molecular formula is C16H16Cl2N2O3. The van der Waals surface area contributed by atoms with E-state index in [4.69, 9.17) is 32.7 Å². The minimum Gasteiger partial charge on any atom is -0.481 e. The first kappa shape index (κ1) is 17.5. The summed E-state index contributed by atoms with van der Waals surface area (Å²) in [5, 5.41) is 0.555. The highest BCUT2D eigenvalue weighted by atomic mass is 35.5. The van der Waals surface area contributed by atoms with Gasteiger partial charge in [-0.15, -0.1) is 0 Å². The molecule has 7 heteroatoms.